The molecule has 0 saturated heterocycles. The molecule has 2 N–H and O–H groups in total. The van der Waals surface area contributed by atoms with Crippen LogP contribution in [0.4, 0.5) is 5.69 Å². The molecule has 4 saturated carbocycles. The average Bonchev–Trinajstić information content (AvgIpc) is 2.63. The SMILES string of the molecule is CC(C)CC(=O)Nc1ccc(C(=O)COC(=O)C23C[C@H]4C[C@@H](CC(O)(C4)C2)C3)cc1. The summed E-state index contributed by atoms with van der Waals surface area (Å²) < 4.78 is 5.46. The Kier molecular flexibility index (Phi) is 5.47. The summed E-state index contributed by atoms with van der Waals surface area (Å²) in [5.41, 5.74) is -0.281. The maximum absolute atomic E-state index is 12.9. The van der Waals surface area contributed by atoms with Crippen molar-refractivity contribution in [3.8, 4) is 0 Å². The number of ketones is 1. The molecule has 0 spiro atoms. The Morgan fingerprint density at radius 2 is 1.73 bits per heavy atom. The van der Waals surface area contributed by atoms with E-state index in [1.54, 1.807) is 24.3 Å². The van der Waals surface area contributed by atoms with Crippen LogP contribution in [0.15, 0.2) is 24.3 Å². The first kappa shape index (κ1) is 21.0. The zero-order chi connectivity index (χ0) is 21.5. The largest absolute Gasteiger partial charge is 0.457 e. The van der Waals surface area contributed by atoms with Crippen LogP contribution in [0.1, 0.15) is 69.2 Å². The fraction of sp³-hybridized carbons (Fsp3) is 0.625. The highest BCUT2D eigenvalue weighted by Gasteiger charge is 2.60. The van der Waals surface area contributed by atoms with E-state index in [-0.39, 0.29) is 30.2 Å². The number of aliphatic hydroxyl groups is 1. The number of anilines is 1. The number of carbonyl (C=O) groups is 3. The highest BCUT2D eigenvalue weighted by molar-refractivity contribution is 5.99. The van der Waals surface area contributed by atoms with Crippen molar-refractivity contribution in [3.63, 3.8) is 0 Å². The number of amides is 1. The lowest BCUT2D eigenvalue weighted by Gasteiger charge is -2.58. The molecule has 30 heavy (non-hydrogen) atoms. The van der Waals surface area contributed by atoms with Gasteiger partial charge in [-0.2, -0.15) is 0 Å². The number of hydrogen-bond acceptors (Lipinski definition) is 5. The van der Waals surface area contributed by atoms with Crippen molar-refractivity contribution in [2.24, 2.45) is 23.2 Å². The van der Waals surface area contributed by atoms with E-state index < -0.39 is 11.0 Å². The third kappa shape index (κ3) is 4.29. The average molecular weight is 414 g/mol. The molecule has 0 unspecified atom stereocenters. The summed E-state index contributed by atoms with van der Waals surface area (Å²) in [7, 11) is 0. The Morgan fingerprint density at radius 1 is 1.10 bits per heavy atom. The van der Waals surface area contributed by atoms with Crippen molar-refractivity contribution in [1.82, 2.24) is 0 Å². The highest BCUT2D eigenvalue weighted by atomic mass is 16.5. The van der Waals surface area contributed by atoms with Gasteiger partial charge in [-0.25, -0.2) is 0 Å². The van der Waals surface area contributed by atoms with Crippen molar-refractivity contribution in [1.29, 1.82) is 0 Å². The van der Waals surface area contributed by atoms with E-state index in [1.807, 2.05) is 13.8 Å². The van der Waals surface area contributed by atoms with E-state index in [0.29, 0.717) is 35.9 Å². The van der Waals surface area contributed by atoms with E-state index in [9.17, 15) is 19.5 Å². The number of esters is 1. The zero-order valence-corrected chi connectivity index (χ0v) is 17.8. The minimum atomic E-state index is -0.733. The molecule has 1 aromatic rings. The number of Topliss-reactive ketones (excluding diaryl/α,β-unsaturated/α-hetero) is 1. The number of benzene rings is 1. The summed E-state index contributed by atoms with van der Waals surface area (Å²) in [4.78, 5) is 37.3. The number of nitrogens with one attached hydrogen (secondary N) is 1. The van der Waals surface area contributed by atoms with Gasteiger partial charge in [0.2, 0.25) is 5.91 Å². The van der Waals surface area contributed by atoms with Gasteiger partial charge in [0, 0.05) is 17.7 Å². The molecule has 1 aromatic carbocycles. The molecule has 4 aliphatic carbocycles. The van der Waals surface area contributed by atoms with Gasteiger partial charge in [-0.1, -0.05) is 13.8 Å². The van der Waals surface area contributed by atoms with Gasteiger partial charge in [-0.05, 0) is 80.5 Å². The summed E-state index contributed by atoms with van der Waals surface area (Å²) in [6.45, 7) is 3.66. The Balaban J connectivity index is 1.32. The maximum atomic E-state index is 12.9. The quantitative estimate of drug-likeness (QED) is 0.525. The first-order valence-electron chi connectivity index (χ1n) is 11.0. The van der Waals surface area contributed by atoms with Crippen LogP contribution >= 0.6 is 0 Å². The molecule has 1 amide bonds. The summed E-state index contributed by atoms with van der Waals surface area (Å²) >= 11 is 0. The Morgan fingerprint density at radius 3 is 2.30 bits per heavy atom. The van der Waals surface area contributed by atoms with Gasteiger partial charge >= 0.3 is 5.97 Å². The predicted molar refractivity (Wildman–Crippen MR) is 112 cm³/mol. The van der Waals surface area contributed by atoms with Gasteiger partial charge in [0.05, 0.1) is 11.0 Å². The topological polar surface area (TPSA) is 92.7 Å². The second-order valence-corrected chi connectivity index (χ2v) is 10.2. The molecule has 0 radical (unpaired) electrons. The van der Waals surface area contributed by atoms with Crippen molar-refractivity contribution in [2.45, 2.75) is 64.4 Å². The predicted octanol–water partition coefficient (Wildman–Crippen LogP) is 3.73. The Bertz CT molecular complexity index is 830. The van der Waals surface area contributed by atoms with E-state index in [2.05, 4.69) is 5.32 Å². The van der Waals surface area contributed by atoms with Gasteiger partial charge in [-0.3, -0.25) is 14.4 Å². The molecule has 4 bridgehead atoms. The number of rotatable bonds is 7. The summed E-state index contributed by atoms with van der Waals surface area (Å²) in [5, 5.41) is 13.6. The van der Waals surface area contributed by atoms with Crippen LogP contribution in [-0.2, 0) is 14.3 Å². The lowest BCUT2D eigenvalue weighted by Crippen LogP contribution is -2.58. The molecule has 0 heterocycles. The molecule has 6 nitrogen and oxygen atoms in total. The molecule has 4 aliphatic rings. The third-order valence-corrected chi connectivity index (χ3v) is 6.88. The second-order valence-electron chi connectivity index (χ2n) is 10.2. The van der Waals surface area contributed by atoms with Crippen LogP contribution in [0.25, 0.3) is 0 Å². The first-order valence-corrected chi connectivity index (χ1v) is 11.0. The van der Waals surface area contributed by atoms with Crippen LogP contribution < -0.4 is 5.32 Å². The minimum absolute atomic E-state index is 0.0600. The maximum Gasteiger partial charge on any atom is 0.312 e. The van der Waals surface area contributed by atoms with E-state index in [1.165, 1.54) is 0 Å². The van der Waals surface area contributed by atoms with Crippen LogP contribution in [0.2, 0.25) is 0 Å². The van der Waals surface area contributed by atoms with Crippen LogP contribution in [0.5, 0.6) is 0 Å². The molecule has 6 heteroatoms. The number of carbonyl (C=O) groups excluding carboxylic acids is 3. The van der Waals surface area contributed by atoms with Crippen molar-refractivity contribution < 1.29 is 24.2 Å². The Hall–Kier alpha value is -2.21. The van der Waals surface area contributed by atoms with Crippen LogP contribution in [-0.4, -0.2) is 35.0 Å². The standard InChI is InChI=1S/C24H31NO5/c1-15(2)7-21(27)25-19-5-3-18(4-6-19)20(26)13-30-22(28)23-9-16-8-17(10-23)12-24(29,11-16)14-23/h3-6,15-17,29H,7-14H2,1-2H3,(H,25,27)/t16-,17-,23?,24?/m1/s1. The van der Waals surface area contributed by atoms with E-state index >= 15 is 0 Å². The summed E-state index contributed by atoms with van der Waals surface area (Å²) in [6.07, 6.45) is 5.11. The van der Waals surface area contributed by atoms with Crippen LogP contribution in [0, 0.1) is 23.2 Å². The monoisotopic (exact) mass is 413 g/mol. The fourth-order valence-corrected chi connectivity index (χ4v) is 6.14. The molecule has 0 aromatic heterocycles. The normalized spacial score (nSPS) is 31.6. The van der Waals surface area contributed by atoms with E-state index in [0.717, 1.165) is 32.1 Å². The second kappa shape index (κ2) is 7.80. The Labute approximate surface area is 177 Å². The molecular formula is C24H31NO5. The molecule has 2 atom stereocenters. The van der Waals surface area contributed by atoms with Gasteiger partial charge in [0.1, 0.15) is 0 Å². The third-order valence-electron chi connectivity index (χ3n) is 6.88. The molecule has 162 valence electrons. The molecular weight excluding hydrogens is 382 g/mol. The molecule has 0 aliphatic heterocycles. The van der Waals surface area contributed by atoms with Gasteiger partial charge in [0.15, 0.2) is 12.4 Å². The molecule has 5 rings (SSSR count). The number of ether oxygens (including phenoxy) is 1. The van der Waals surface area contributed by atoms with E-state index in [4.69, 9.17) is 4.74 Å². The minimum Gasteiger partial charge on any atom is -0.457 e. The van der Waals surface area contributed by atoms with Crippen molar-refractivity contribution >= 4 is 23.3 Å². The van der Waals surface area contributed by atoms with Gasteiger partial charge in [-0.15, -0.1) is 0 Å². The summed E-state index contributed by atoms with van der Waals surface area (Å²) in [5.74, 6) is 0.383. The lowest BCUT2D eigenvalue weighted by molar-refractivity contribution is -0.195. The van der Waals surface area contributed by atoms with Gasteiger partial charge in [0.25, 0.3) is 0 Å². The van der Waals surface area contributed by atoms with Crippen molar-refractivity contribution in [3.05, 3.63) is 29.8 Å². The summed E-state index contributed by atoms with van der Waals surface area (Å²) in [6, 6.07) is 6.63. The fourth-order valence-electron chi connectivity index (χ4n) is 6.14. The lowest BCUT2D eigenvalue weighted by atomic mass is 9.48. The first-order chi connectivity index (χ1) is 14.2. The highest BCUT2D eigenvalue weighted by Crippen LogP contribution is 2.61. The number of hydrogen-bond donors (Lipinski definition) is 2. The molecule has 4 fully saturated rings. The smallest absolute Gasteiger partial charge is 0.312 e. The zero-order valence-electron chi connectivity index (χ0n) is 17.8. The van der Waals surface area contributed by atoms with Gasteiger partial charge < -0.3 is 15.2 Å². The van der Waals surface area contributed by atoms with Crippen molar-refractivity contribution in [2.75, 3.05) is 11.9 Å². The van der Waals surface area contributed by atoms with Crippen LogP contribution in [0.3, 0.4) is 0 Å².